The second-order valence-electron chi connectivity index (χ2n) is 4.82. The van der Waals surface area contributed by atoms with E-state index in [0.717, 1.165) is 23.6 Å². The number of rotatable bonds is 5. The number of nitrogens with one attached hydrogen (secondary N) is 1. The lowest BCUT2D eigenvalue weighted by Gasteiger charge is -2.20. The van der Waals surface area contributed by atoms with Crippen LogP contribution >= 0.6 is 23.4 Å². The van der Waals surface area contributed by atoms with Gasteiger partial charge in [-0.3, -0.25) is 4.79 Å². The lowest BCUT2D eigenvalue weighted by molar-refractivity contribution is -0.137. The minimum Gasteiger partial charge on any atom is -0.379 e. The predicted octanol–water partition coefficient (Wildman–Crippen LogP) is 2.26. The average Bonchev–Trinajstić information content (AvgIpc) is 2.85. The Bertz CT molecular complexity index is 430. The Hall–Kier alpha value is -0.710. The Kier molecular flexibility index (Phi) is 5.13. The molecule has 0 aromatic heterocycles. The molecule has 1 aromatic rings. The molecule has 1 aromatic carbocycles. The number of hydrogen-bond acceptors (Lipinski definition) is 3. The van der Waals surface area contributed by atoms with Gasteiger partial charge < -0.3 is 10.4 Å². The van der Waals surface area contributed by atoms with E-state index < -0.39 is 5.60 Å². The van der Waals surface area contributed by atoms with Gasteiger partial charge in [0.15, 0.2) is 5.60 Å². The monoisotopic (exact) mass is 299 g/mol. The van der Waals surface area contributed by atoms with Crippen LogP contribution in [0.4, 0.5) is 0 Å². The van der Waals surface area contributed by atoms with Crippen molar-refractivity contribution in [1.29, 1.82) is 0 Å². The highest BCUT2D eigenvalue weighted by molar-refractivity contribution is 7.99. The molecular formula is C14H18ClNO2S. The van der Waals surface area contributed by atoms with Crippen LogP contribution in [0.15, 0.2) is 24.3 Å². The smallest absolute Gasteiger partial charge is 0.252 e. The number of carbonyl (C=O) groups is 1. The highest BCUT2D eigenvalue weighted by atomic mass is 35.5. The first-order chi connectivity index (χ1) is 9.10. The van der Waals surface area contributed by atoms with Gasteiger partial charge in [0.1, 0.15) is 0 Å². The van der Waals surface area contributed by atoms with Crippen LogP contribution < -0.4 is 5.32 Å². The van der Waals surface area contributed by atoms with Crippen molar-refractivity contribution in [2.24, 2.45) is 0 Å². The van der Waals surface area contributed by atoms with Gasteiger partial charge in [0.25, 0.3) is 5.91 Å². The zero-order valence-electron chi connectivity index (χ0n) is 10.7. The van der Waals surface area contributed by atoms with Gasteiger partial charge in [-0.1, -0.05) is 23.7 Å². The molecule has 0 radical (unpaired) electrons. The van der Waals surface area contributed by atoms with E-state index in [1.807, 2.05) is 24.3 Å². The van der Waals surface area contributed by atoms with Crippen molar-refractivity contribution in [2.45, 2.75) is 24.9 Å². The second kappa shape index (κ2) is 6.64. The lowest BCUT2D eigenvalue weighted by Crippen LogP contribution is -2.47. The molecule has 5 heteroatoms. The minimum absolute atomic E-state index is 0.228. The molecule has 1 aliphatic rings. The van der Waals surface area contributed by atoms with E-state index in [0.29, 0.717) is 18.7 Å². The van der Waals surface area contributed by atoms with Crippen molar-refractivity contribution in [3.8, 4) is 0 Å². The molecular weight excluding hydrogens is 282 g/mol. The summed E-state index contributed by atoms with van der Waals surface area (Å²) in [6.07, 6.45) is 2.31. The van der Waals surface area contributed by atoms with Crippen molar-refractivity contribution >= 4 is 29.3 Å². The Morgan fingerprint density at radius 1 is 1.42 bits per heavy atom. The van der Waals surface area contributed by atoms with Gasteiger partial charge in [-0.15, -0.1) is 0 Å². The van der Waals surface area contributed by atoms with Crippen molar-refractivity contribution in [3.05, 3.63) is 34.9 Å². The van der Waals surface area contributed by atoms with Gasteiger partial charge >= 0.3 is 0 Å². The Morgan fingerprint density at radius 3 is 2.79 bits per heavy atom. The summed E-state index contributed by atoms with van der Waals surface area (Å²) in [7, 11) is 0. The normalized spacial score (nSPS) is 22.4. The van der Waals surface area contributed by atoms with Gasteiger partial charge in [-0.2, -0.15) is 11.8 Å². The second-order valence-corrected chi connectivity index (χ2v) is 6.36. The van der Waals surface area contributed by atoms with E-state index in [1.165, 1.54) is 5.56 Å². The van der Waals surface area contributed by atoms with Crippen LogP contribution in [-0.4, -0.2) is 34.7 Å². The summed E-state index contributed by atoms with van der Waals surface area (Å²) in [6.45, 7) is 0.592. The number of aryl methyl sites for hydroxylation is 1. The molecule has 1 atom stereocenters. The first-order valence-corrected chi connectivity index (χ1v) is 7.96. The zero-order chi connectivity index (χ0) is 13.7. The molecule has 0 spiro atoms. The molecule has 1 saturated heterocycles. The van der Waals surface area contributed by atoms with Gasteiger partial charge in [0.2, 0.25) is 0 Å². The van der Waals surface area contributed by atoms with E-state index in [1.54, 1.807) is 11.8 Å². The molecule has 0 aliphatic carbocycles. The Labute approximate surface area is 122 Å². The van der Waals surface area contributed by atoms with E-state index in [4.69, 9.17) is 11.6 Å². The maximum atomic E-state index is 11.8. The number of halogens is 1. The standard InChI is InChI=1S/C14H18ClNO2S/c15-12-5-3-11(4-6-12)2-1-8-16-13(17)14(18)7-9-19-10-14/h3-6,18H,1-2,7-10H2,(H,16,17). The number of benzene rings is 1. The SMILES string of the molecule is O=C(NCCCc1ccc(Cl)cc1)C1(O)CCSC1. The summed E-state index contributed by atoms with van der Waals surface area (Å²) in [5.74, 6) is 1.14. The van der Waals surface area contributed by atoms with Crippen LogP contribution in [0, 0.1) is 0 Å². The fourth-order valence-corrected chi connectivity index (χ4v) is 3.41. The van der Waals surface area contributed by atoms with E-state index in [9.17, 15) is 9.90 Å². The van der Waals surface area contributed by atoms with E-state index in [-0.39, 0.29) is 5.91 Å². The van der Waals surface area contributed by atoms with Crippen molar-refractivity contribution in [1.82, 2.24) is 5.32 Å². The number of amides is 1. The maximum Gasteiger partial charge on any atom is 0.252 e. The van der Waals surface area contributed by atoms with Gasteiger partial charge in [0, 0.05) is 17.3 Å². The largest absolute Gasteiger partial charge is 0.379 e. The van der Waals surface area contributed by atoms with Crippen molar-refractivity contribution < 1.29 is 9.90 Å². The number of aliphatic hydroxyl groups is 1. The molecule has 1 amide bonds. The Morgan fingerprint density at radius 2 is 2.16 bits per heavy atom. The zero-order valence-corrected chi connectivity index (χ0v) is 12.3. The quantitative estimate of drug-likeness (QED) is 0.820. The first-order valence-electron chi connectivity index (χ1n) is 6.43. The summed E-state index contributed by atoms with van der Waals surface area (Å²) in [4.78, 5) is 11.8. The molecule has 1 heterocycles. The average molecular weight is 300 g/mol. The number of hydrogen-bond donors (Lipinski definition) is 2. The number of thioether (sulfide) groups is 1. The maximum absolute atomic E-state index is 11.8. The Balaban J connectivity index is 1.69. The minimum atomic E-state index is -1.15. The topological polar surface area (TPSA) is 49.3 Å². The first kappa shape index (κ1) is 14.7. The molecule has 1 fully saturated rings. The van der Waals surface area contributed by atoms with Gasteiger partial charge in [-0.05, 0) is 42.7 Å². The van der Waals surface area contributed by atoms with Crippen LogP contribution in [-0.2, 0) is 11.2 Å². The highest BCUT2D eigenvalue weighted by Gasteiger charge is 2.39. The van der Waals surface area contributed by atoms with Crippen molar-refractivity contribution in [2.75, 3.05) is 18.1 Å². The molecule has 3 nitrogen and oxygen atoms in total. The fraction of sp³-hybridized carbons (Fsp3) is 0.500. The molecule has 0 saturated carbocycles. The van der Waals surface area contributed by atoms with Gasteiger partial charge in [0.05, 0.1) is 0 Å². The summed E-state index contributed by atoms with van der Waals surface area (Å²) in [5.41, 5.74) is 0.0547. The molecule has 2 N–H and O–H groups in total. The molecule has 19 heavy (non-hydrogen) atoms. The van der Waals surface area contributed by atoms with Crippen LogP contribution in [0.3, 0.4) is 0 Å². The predicted molar refractivity (Wildman–Crippen MR) is 79.7 cm³/mol. The van der Waals surface area contributed by atoms with Crippen molar-refractivity contribution in [3.63, 3.8) is 0 Å². The van der Waals surface area contributed by atoms with Crippen LogP contribution in [0.2, 0.25) is 5.02 Å². The number of carbonyl (C=O) groups excluding carboxylic acids is 1. The summed E-state index contributed by atoms with van der Waals surface area (Å²) >= 11 is 7.44. The van der Waals surface area contributed by atoms with Crippen LogP contribution in [0.25, 0.3) is 0 Å². The van der Waals surface area contributed by atoms with Crippen LogP contribution in [0.1, 0.15) is 18.4 Å². The summed E-state index contributed by atoms with van der Waals surface area (Å²) in [5, 5.41) is 13.6. The molecule has 1 unspecified atom stereocenters. The summed E-state index contributed by atoms with van der Waals surface area (Å²) in [6, 6.07) is 7.72. The third kappa shape index (κ3) is 4.13. The van der Waals surface area contributed by atoms with E-state index in [2.05, 4.69) is 5.32 Å². The van der Waals surface area contributed by atoms with E-state index >= 15 is 0 Å². The fourth-order valence-electron chi connectivity index (χ4n) is 2.04. The van der Waals surface area contributed by atoms with Crippen LogP contribution in [0.5, 0.6) is 0 Å². The molecule has 1 aliphatic heterocycles. The summed E-state index contributed by atoms with van der Waals surface area (Å²) < 4.78 is 0. The molecule has 104 valence electrons. The lowest BCUT2D eigenvalue weighted by atomic mass is 10.0. The highest BCUT2D eigenvalue weighted by Crippen LogP contribution is 2.27. The molecule has 0 bridgehead atoms. The third-order valence-electron chi connectivity index (χ3n) is 3.26. The van der Waals surface area contributed by atoms with Gasteiger partial charge in [-0.25, -0.2) is 0 Å². The third-order valence-corrected chi connectivity index (χ3v) is 4.69. The molecule has 2 rings (SSSR count).